The van der Waals surface area contributed by atoms with Gasteiger partial charge in [0.15, 0.2) is 11.6 Å². The lowest BCUT2D eigenvalue weighted by molar-refractivity contribution is 0.0962. The van der Waals surface area contributed by atoms with Gasteiger partial charge in [-0.1, -0.05) is 25.5 Å². The maximum Gasteiger partial charge on any atom is 0.270 e. The summed E-state index contributed by atoms with van der Waals surface area (Å²) < 4.78 is 0.708. The zero-order valence-electron chi connectivity index (χ0n) is 13.7. The number of aromatic nitrogens is 2. The number of unbranched alkanes of at least 4 members (excludes halogenated alkanes) is 1. The zero-order chi connectivity index (χ0) is 17.5. The number of nitrogens with zero attached hydrogens (tertiary/aromatic N) is 3. The van der Waals surface area contributed by atoms with Gasteiger partial charge in [-0.3, -0.25) is 15.6 Å². The molecular weight excluding hydrogens is 372 g/mol. The number of anilines is 3. The number of benzene rings is 1. The highest BCUT2D eigenvalue weighted by Gasteiger charge is 2.13. The molecule has 1 heterocycles. The Balaban J connectivity index is 2.08. The minimum absolute atomic E-state index is 0.290. The van der Waals surface area contributed by atoms with Crippen LogP contribution in [0.15, 0.2) is 35.1 Å². The molecule has 0 aliphatic heterocycles. The summed E-state index contributed by atoms with van der Waals surface area (Å²) in [5, 5.41) is 0. The van der Waals surface area contributed by atoms with Gasteiger partial charge >= 0.3 is 0 Å². The van der Waals surface area contributed by atoms with E-state index in [1.54, 1.807) is 18.2 Å². The molecule has 4 N–H and O–H groups in total. The van der Waals surface area contributed by atoms with E-state index in [-0.39, 0.29) is 5.91 Å². The number of amides is 1. The molecule has 0 bridgehead atoms. The van der Waals surface area contributed by atoms with Crippen molar-refractivity contribution < 1.29 is 4.79 Å². The summed E-state index contributed by atoms with van der Waals surface area (Å²) in [5.41, 5.74) is 12.4. The number of hydrogen-bond acceptors (Lipinski definition) is 6. The van der Waals surface area contributed by atoms with Gasteiger partial charge in [0.1, 0.15) is 12.0 Å². The maximum absolute atomic E-state index is 12.2. The predicted molar refractivity (Wildman–Crippen MR) is 99.9 cm³/mol. The maximum atomic E-state index is 12.2. The van der Waals surface area contributed by atoms with Gasteiger partial charge in [0.2, 0.25) is 0 Å². The van der Waals surface area contributed by atoms with Crippen molar-refractivity contribution in [3.8, 4) is 0 Å². The molecule has 0 saturated heterocycles. The van der Waals surface area contributed by atoms with Crippen molar-refractivity contribution in [2.75, 3.05) is 29.7 Å². The predicted octanol–water partition coefficient (Wildman–Crippen LogP) is 2.81. The van der Waals surface area contributed by atoms with Gasteiger partial charge in [0.25, 0.3) is 5.91 Å². The van der Waals surface area contributed by atoms with Gasteiger partial charge in [-0.05, 0) is 34.5 Å². The van der Waals surface area contributed by atoms with E-state index in [9.17, 15) is 4.79 Å². The van der Waals surface area contributed by atoms with Crippen LogP contribution < -0.4 is 21.5 Å². The summed E-state index contributed by atoms with van der Waals surface area (Å²) >= 11 is 3.35. The van der Waals surface area contributed by atoms with Crippen LogP contribution in [0, 0.1) is 0 Å². The molecule has 1 aromatic carbocycles. The number of nitrogen functional groups attached to an aromatic ring is 1. The second-order valence-corrected chi connectivity index (χ2v) is 6.15. The summed E-state index contributed by atoms with van der Waals surface area (Å²) in [7, 11) is 1.93. The molecule has 1 amide bonds. The molecule has 24 heavy (non-hydrogen) atoms. The number of carbonyl (C=O) groups excluding carboxylic acids is 1. The highest BCUT2D eigenvalue weighted by molar-refractivity contribution is 9.10. The van der Waals surface area contributed by atoms with Crippen molar-refractivity contribution in [3.05, 3.63) is 40.6 Å². The molecule has 0 aliphatic rings. The molecule has 0 fully saturated rings. The first kappa shape index (κ1) is 18.0. The van der Waals surface area contributed by atoms with E-state index < -0.39 is 0 Å². The second kappa shape index (κ2) is 8.49. The van der Waals surface area contributed by atoms with Crippen molar-refractivity contribution in [1.82, 2.24) is 15.4 Å². The molecule has 0 atom stereocenters. The van der Waals surface area contributed by atoms with Crippen LogP contribution in [0.3, 0.4) is 0 Å². The number of halogens is 1. The van der Waals surface area contributed by atoms with Gasteiger partial charge in [0.05, 0.1) is 5.56 Å². The number of hydrogen-bond donors (Lipinski definition) is 3. The number of nitrogens with one attached hydrogen (secondary N) is 2. The third-order valence-corrected chi connectivity index (χ3v) is 4.18. The molecule has 1 aromatic heterocycles. The monoisotopic (exact) mass is 392 g/mol. The van der Waals surface area contributed by atoms with E-state index in [1.807, 2.05) is 18.0 Å². The van der Waals surface area contributed by atoms with Gasteiger partial charge in [-0.15, -0.1) is 0 Å². The highest BCUT2D eigenvalue weighted by Crippen LogP contribution is 2.25. The minimum atomic E-state index is -0.290. The van der Waals surface area contributed by atoms with Crippen molar-refractivity contribution in [2.24, 2.45) is 0 Å². The number of carbonyl (C=O) groups is 1. The third-order valence-electron chi connectivity index (χ3n) is 3.48. The van der Waals surface area contributed by atoms with E-state index in [4.69, 9.17) is 5.73 Å². The second-order valence-electron chi connectivity index (χ2n) is 5.29. The summed E-state index contributed by atoms with van der Waals surface area (Å²) in [6.45, 7) is 2.97. The minimum Gasteiger partial charge on any atom is -0.393 e. The Labute approximate surface area is 149 Å². The van der Waals surface area contributed by atoms with Crippen LogP contribution in [-0.2, 0) is 0 Å². The van der Waals surface area contributed by atoms with Gasteiger partial charge < -0.3 is 10.6 Å². The molecule has 2 rings (SSSR count). The smallest absolute Gasteiger partial charge is 0.270 e. The summed E-state index contributed by atoms with van der Waals surface area (Å²) in [4.78, 5) is 22.5. The average Bonchev–Trinajstić information content (AvgIpc) is 2.59. The summed E-state index contributed by atoms with van der Waals surface area (Å²) in [6.07, 6.45) is 3.55. The number of nitrogens with two attached hydrogens (primary N) is 1. The zero-order valence-corrected chi connectivity index (χ0v) is 15.3. The van der Waals surface area contributed by atoms with E-state index >= 15 is 0 Å². The first-order valence-electron chi connectivity index (χ1n) is 7.67. The van der Waals surface area contributed by atoms with Crippen LogP contribution in [0.2, 0.25) is 0 Å². The van der Waals surface area contributed by atoms with Crippen LogP contribution in [0.25, 0.3) is 0 Å². The molecule has 0 aliphatic carbocycles. The molecule has 0 spiro atoms. The van der Waals surface area contributed by atoms with E-state index in [0.717, 1.165) is 19.4 Å². The molecule has 8 heteroatoms. The normalized spacial score (nSPS) is 10.3. The first-order chi connectivity index (χ1) is 11.5. The molecule has 0 unspecified atom stereocenters. The summed E-state index contributed by atoms with van der Waals surface area (Å²) in [5.74, 6) is 0.709. The Morgan fingerprint density at radius 1 is 1.33 bits per heavy atom. The summed E-state index contributed by atoms with van der Waals surface area (Å²) in [6, 6.07) is 7.15. The van der Waals surface area contributed by atoms with Crippen molar-refractivity contribution in [3.63, 3.8) is 0 Å². The van der Waals surface area contributed by atoms with Crippen molar-refractivity contribution in [2.45, 2.75) is 19.8 Å². The van der Waals surface area contributed by atoms with Crippen molar-refractivity contribution >= 4 is 39.2 Å². The average molecular weight is 393 g/mol. The van der Waals surface area contributed by atoms with Crippen LogP contribution >= 0.6 is 15.9 Å². The lowest BCUT2D eigenvalue weighted by Crippen LogP contribution is -2.31. The standard InChI is InChI=1S/C16H21BrN6O/c1-3-4-9-23(2)15-13(18)14(19-10-20-15)21-22-16(24)11-7-5-6-8-12(11)17/h5-8,10H,3-4,9,18H2,1-2H3,(H,22,24)(H,19,20,21). The molecule has 7 nitrogen and oxygen atoms in total. The molecular formula is C16H21BrN6O. The fraction of sp³-hybridized carbons (Fsp3) is 0.312. The van der Waals surface area contributed by atoms with E-state index in [1.165, 1.54) is 6.33 Å². The fourth-order valence-electron chi connectivity index (χ4n) is 2.12. The van der Waals surface area contributed by atoms with Crippen LogP contribution in [0.1, 0.15) is 30.1 Å². The molecule has 2 aromatic rings. The Morgan fingerprint density at radius 3 is 2.79 bits per heavy atom. The fourth-order valence-corrected chi connectivity index (χ4v) is 2.58. The van der Waals surface area contributed by atoms with Crippen LogP contribution in [0.4, 0.5) is 17.3 Å². The number of hydrazine groups is 1. The van der Waals surface area contributed by atoms with Gasteiger partial charge in [-0.2, -0.15) is 0 Å². The third kappa shape index (κ3) is 4.35. The Morgan fingerprint density at radius 2 is 2.08 bits per heavy atom. The molecule has 0 saturated carbocycles. The van der Waals surface area contributed by atoms with Gasteiger partial charge in [-0.25, -0.2) is 9.97 Å². The molecule has 0 radical (unpaired) electrons. The topological polar surface area (TPSA) is 96.2 Å². The van der Waals surface area contributed by atoms with Crippen molar-refractivity contribution in [1.29, 1.82) is 0 Å². The highest BCUT2D eigenvalue weighted by atomic mass is 79.9. The van der Waals surface area contributed by atoms with E-state index in [2.05, 4.69) is 43.7 Å². The first-order valence-corrected chi connectivity index (χ1v) is 8.46. The van der Waals surface area contributed by atoms with E-state index in [0.29, 0.717) is 27.4 Å². The SMILES string of the molecule is CCCCN(C)c1ncnc(NNC(=O)c2ccccc2Br)c1N. The lowest BCUT2D eigenvalue weighted by Gasteiger charge is -2.20. The largest absolute Gasteiger partial charge is 0.393 e. The Bertz CT molecular complexity index is 709. The lowest BCUT2D eigenvalue weighted by atomic mass is 10.2. The number of rotatable bonds is 7. The Hall–Kier alpha value is -2.35. The Kier molecular flexibility index (Phi) is 6.36. The van der Waals surface area contributed by atoms with Gasteiger partial charge in [0, 0.05) is 18.1 Å². The van der Waals surface area contributed by atoms with Crippen LogP contribution in [0.5, 0.6) is 0 Å². The van der Waals surface area contributed by atoms with Crippen LogP contribution in [-0.4, -0.2) is 29.5 Å². The molecule has 128 valence electrons. The quantitative estimate of drug-likeness (QED) is 0.626.